The van der Waals surface area contributed by atoms with Crippen molar-refractivity contribution in [1.82, 2.24) is 15.0 Å². The molecule has 0 atom stereocenters. The summed E-state index contributed by atoms with van der Waals surface area (Å²) >= 11 is 0. The van der Waals surface area contributed by atoms with Crippen LogP contribution in [0, 0.1) is 6.92 Å². The Labute approximate surface area is 191 Å². The van der Waals surface area contributed by atoms with E-state index in [1.54, 1.807) is 43.6 Å². The van der Waals surface area contributed by atoms with E-state index in [4.69, 9.17) is 4.74 Å². The highest BCUT2D eigenvalue weighted by molar-refractivity contribution is 6.00. The first-order valence-corrected chi connectivity index (χ1v) is 10.2. The van der Waals surface area contributed by atoms with Crippen LogP contribution in [0.25, 0.3) is 0 Å². The molecule has 0 aliphatic heterocycles. The number of amides is 2. The first-order chi connectivity index (χ1) is 16.1. The fourth-order valence-electron chi connectivity index (χ4n) is 3.03. The van der Waals surface area contributed by atoms with Crippen LogP contribution in [-0.4, -0.2) is 28.1 Å². The zero-order chi connectivity index (χ0) is 23.0. The topological polar surface area (TPSA) is 113 Å². The van der Waals surface area contributed by atoms with E-state index in [0.29, 0.717) is 28.8 Å². The molecule has 0 fully saturated rings. The first kappa shape index (κ1) is 21.6. The van der Waals surface area contributed by atoms with Crippen LogP contribution >= 0.6 is 0 Å². The third-order valence-electron chi connectivity index (χ3n) is 4.69. The summed E-state index contributed by atoms with van der Waals surface area (Å²) in [6.07, 6.45) is 3.17. The number of aromatic nitrogens is 3. The fraction of sp³-hybridized carbons (Fsp3) is 0.0833. The third kappa shape index (κ3) is 5.95. The van der Waals surface area contributed by atoms with E-state index < -0.39 is 0 Å². The molecule has 9 nitrogen and oxygen atoms in total. The molecule has 0 saturated heterocycles. The van der Waals surface area contributed by atoms with Crippen molar-refractivity contribution in [3.63, 3.8) is 0 Å². The Balaban J connectivity index is 1.35. The number of anilines is 6. The number of hydrogen-bond donors (Lipinski definition) is 4. The lowest BCUT2D eigenvalue weighted by Crippen LogP contribution is -2.19. The normalized spacial score (nSPS) is 10.2. The summed E-state index contributed by atoms with van der Waals surface area (Å²) in [4.78, 5) is 25.0. The van der Waals surface area contributed by atoms with E-state index in [1.807, 2.05) is 43.3 Å². The molecule has 0 aliphatic carbocycles. The third-order valence-corrected chi connectivity index (χ3v) is 4.69. The molecule has 0 aliphatic rings. The second-order valence-electron chi connectivity index (χ2n) is 7.09. The Bertz CT molecular complexity index is 1230. The predicted molar refractivity (Wildman–Crippen MR) is 130 cm³/mol. The number of urea groups is 1. The first-order valence-electron chi connectivity index (χ1n) is 10.2. The minimum atomic E-state index is -0.329. The minimum absolute atomic E-state index is 0.329. The zero-order valence-corrected chi connectivity index (χ0v) is 18.2. The van der Waals surface area contributed by atoms with Crippen molar-refractivity contribution in [2.75, 3.05) is 28.4 Å². The molecule has 33 heavy (non-hydrogen) atoms. The highest BCUT2D eigenvalue weighted by Gasteiger charge is 2.07. The van der Waals surface area contributed by atoms with Gasteiger partial charge in [-0.05, 0) is 67.1 Å². The number of hydrogen-bond acceptors (Lipinski definition) is 7. The highest BCUT2D eigenvalue weighted by atomic mass is 16.5. The van der Waals surface area contributed by atoms with Crippen LogP contribution in [0.5, 0.6) is 5.75 Å². The number of nitrogens with zero attached hydrogens (tertiary/aromatic N) is 3. The Hall–Kier alpha value is -4.66. The summed E-state index contributed by atoms with van der Waals surface area (Å²) in [6.45, 7) is 1.91. The van der Waals surface area contributed by atoms with Gasteiger partial charge in [-0.3, -0.25) is 0 Å². The van der Waals surface area contributed by atoms with Crippen molar-refractivity contribution >= 4 is 40.5 Å². The molecule has 2 heterocycles. The SMILES string of the molecule is COc1ccc(NC(=O)Nc2ccc(Nc3cc(Nc4ccccn4)ncn3)cc2)c(C)c1. The maximum absolute atomic E-state index is 12.4. The quantitative estimate of drug-likeness (QED) is 0.307. The van der Waals surface area contributed by atoms with Crippen molar-refractivity contribution in [2.24, 2.45) is 0 Å². The van der Waals surface area contributed by atoms with Gasteiger partial charge in [0.25, 0.3) is 0 Å². The van der Waals surface area contributed by atoms with Crippen LogP contribution in [0.1, 0.15) is 5.56 Å². The van der Waals surface area contributed by atoms with E-state index in [0.717, 1.165) is 17.0 Å². The Morgan fingerprint density at radius 1 is 0.788 bits per heavy atom. The number of carbonyl (C=O) groups excluding carboxylic acids is 1. The average Bonchev–Trinajstić information content (AvgIpc) is 2.82. The lowest BCUT2D eigenvalue weighted by molar-refractivity contribution is 0.262. The van der Waals surface area contributed by atoms with Crippen molar-refractivity contribution in [3.8, 4) is 5.75 Å². The molecule has 0 spiro atoms. The average molecular weight is 441 g/mol. The van der Waals surface area contributed by atoms with Crippen LogP contribution in [0.2, 0.25) is 0 Å². The molecule has 166 valence electrons. The Morgan fingerprint density at radius 2 is 1.55 bits per heavy atom. The van der Waals surface area contributed by atoms with Crippen molar-refractivity contribution in [3.05, 3.63) is 84.8 Å². The van der Waals surface area contributed by atoms with Crippen molar-refractivity contribution < 1.29 is 9.53 Å². The van der Waals surface area contributed by atoms with E-state index in [-0.39, 0.29) is 6.03 Å². The molecule has 2 aromatic carbocycles. The van der Waals surface area contributed by atoms with Crippen LogP contribution < -0.4 is 26.0 Å². The molecule has 4 N–H and O–H groups in total. The van der Waals surface area contributed by atoms with Gasteiger partial charge in [0, 0.05) is 29.3 Å². The molecular formula is C24H23N7O2. The largest absolute Gasteiger partial charge is 0.497 e. The summed E-state index contributed by atoms with van der Waals surface area (Å²) in [7, 11) is 1.61. The number of pyridine rings is 1. The molecule has 0 bridgehead atoms. The second kappa shape index (κ2) is 10.1. The van der Waals surface area contributed by atoms with E-state index in [2.05, 4.69) is 36.2 Å². The number of ether oxygens (including phenoxy) is 1. The van der Waals surface area contributed by atoms with Crippen LogP contribution in [0.3, 0.4) is 0 Å². The lowest BCUT2D eigenvalue weighted by Gasteiger charge is -2.12. The molecule has 0 unspecified atom stereocenters. The fourth-order valence-corrected chi connectivity index (χ4v) is 3.03. The number of aryl methyl sites for hydroxylation is 1. The summed E-state index contributed by atoms with van der Waals surface area (Å²) in [5.41, 5.74) is 3.09. The lowest BCUT2D eigenvalue weighted by atomic mass is 10.2. The van der Waals surface area contributed by atoms with Gasteiger partial charge in [0.15, 0.2) is 0 Å². The molecule has 9 heteroatoms. The van der Waals surface area contributed by atoms with Gasteiger partial charge in [0.1, 0.15) is 29.5 Å². The molecule has 2 amide bonds. The van der Waals surface area contributed by atoms with E-state index in [9.17, 15) is 4.79 Å². The maximum atomic E-state index is 12.4. The number of carbonyl (C=O) groups is 1. The zero-order valence-electron chi connectivity index (χ0n) is 18.2. The highest BCUT2D eigenvalue weighted by Crippen LogP contribution is 2.22. The molecule has 0 saturated carbocycles. The van der Waals surface area contributed by atoms with Gasteiger partial charge in [0.2, 0.25) is 0 Å². The van der Waals surface area contributed by atoms with Gasteiger partial charge in [-0.1, -0.05) is 6.07 Å². The molecule has 4 rings (SSSR count). The maximum Gasteiger partial charge on any atom is 0.323 e. The van der Waals surface area contributed by atoms with Crippen LogP contribution in [0.15, 0.2) is 79.3 Å². The monoisotopic (exact) mass is 441 g/mol. The molecular weight excluding hydrogens is 418 g/mol. The Morgan fingerprint density at radius 3 is 2.24 bits per heavy atom. The van der Waals surface area contributed by atoms with Gasteiger partial charge in [-0.25, -0.2) is 19.7 Å². The predicted octanol–water partition coefficient (Wildman–Crippen LogP) is 5.32. The number of rotatable bonds is 7. The van der Waals surface area contributed by atoms with Gasteiger partial charge in [-0.15, -0.1) is 0 Å². The van der Waals surface area contributed by atoms with Crippen molar-refractivity contribution in [2.45, 2.75) is 6.92 Å². The second-order valence-corrected chi connectivity index (χ2v) is 7.09. The summed E-state index contributed by atoms with van der Waals surface area (Å²) in [6, 6.07) is 19.8. The van der Waals surface area contributed by atoms with Gasteiger partial charge in [0.05, 0.1) is 7.11 Å². The summed E-state index contributed by atoms with van der Waals surface area (Å²) in [5, 5.41) is 12.0. The number of benzene rings is 2. The molecule has 2 aromatic heterocycles. The number of methoxy groups -OCH3 is 1. The summed E-state index contributed by atoms with van der Waals surface area (Å²) in [5.74, 6) is 2.68. The summed E-state index contributed by atoms with van der Waals surface area (Å²) < 4.78 is 5.19. The standard InChI is InChI=1S/C24H23N7O2/c1-16-13-19(33-2)10-11-20(16)30-24(32)29-18-8-6-17(7-9-18)28-22-14-23(27-15-26-22)31-21-5-3-4-12-25-21/h3-15H,1-2H3,(H2,29,30,32)(H2,25,26,27,28,31). The molecule has 4 aromatic rings. The van der Waals surface area contributed by atoms with Gasteiger partial charge in [-0.2, -0.15) is 0 Å². The van der Waals surface area contributed by atoms with Gasteiger partial charge < -0.3 is 26.0 Å². The minimum Gasteiger partial charge on any atom is -0.497 e. The Kier molecular flexibility index (Phi) is 6.60. The smallest absolute Gasteiger partial charge is 0.323 e. The van der Waals surface area contributed by atoms with Crippen LogP contribution in [0.4, 0.5) is 39.3 Å². The molecule has 0 radical (unpaired) electrons. The van der Waals surface area contributed by atoms with Crippen LogP contribution in [-0.2, 0) is 0 Å². The van der Waals surface area contributed by atoms with Gasteiger partial charge >= 0.3 is 6.03 Å². The number of nitrogens with one attached hydrogen (secondary N) is 4. The van der Waals surface area contributed by atoms with E-state index >= 15 is 0 Å². The van der Waals surface area contributed by atoms with E-state index in [1.165, 1.54) is 6.33 Å². The van der Waals surface area contributed by atoms with Crippen molar-refractivity contribution in [1.29, 1.82) is 0 Å².